The number of likely N-dealkylation sites (N-methyl/N-ethyl adjacent to an activating group) is 1. The molecule has 61 heavy (non-hydrogen) atoms. The summed E-state index contributed by atoms with van der Waals surface area (Å²) in [4.78, 5) is 33.9. The Bertz CT molecular complexity index is 1770. The van der Waals surface area contributed by atoms with Crippen molar-refractivity contribution in [3.05, 3.63) is 39.9 Å². The molecule has 0 aromatic heterocycles. The number of Topliss-reactive ketones (excluding diaryl/α,β-unsaturated/α-hetero) is 1. The summed E-state index contributed by atoms with van der Waals surface area (Å²) >= 11 is 13.4. The minimum absolute atomic E-state index is 0.00723. The van der Waals surface area contributed by atoms with E-state index in [1.165, 1.54) is 0 Å². The van der Waals surface area contributed by atoms with E-state index in [1.807, 2.05) is 26.0 Å². The maximum atomic E-state index is 15.2. The van der Waals surface area contributed by atoms with Crippen molar-refractivity contribution in [2.24, 2.45) is 35.5 Å². The number of cyclic esters (lactones) is 1. The number of benzene rings is 1. The Hall–Kier alpha value is -1.84. The largest absolute Gasteiger partial charge is 0.462 e. The van der Waals surface area contributed by atoms with Gasteiger partial charge in [-0.2, -0.15) is 0 Å². The maximum Gasteiger partial charge on any atom is 0.306 e. The quantitative estimate of drug-likeness (QED) is 0.171. The minimum Gasteiger partial charge on any atom is -0.462 e. The number of ketones is 1. The van der Waals surface area contributed by atoms with Crippen LogP contribution in [0.15, 0.2) is 29.8 Å². The van der Waals surface area contributed by atoms with Crippen molar-refractivity contribution < 1.29 is 47.5 Å². The molecule has 0 bridgehead atoms. The molecule has 0 radical (unpaired) electrons. The lowest BCUT2D eigenvalue weighted by molar-refractivity contribution is -0.314. The van der Waals surface area contributed by atoms with Gasteiger partial charge in [0.25, 0.3) is 0 Å². The molecule has 4 aliphatic heterocycles. The summed E-state index contributed by atoms with van der Waals surface area (Å²) in [6.45, 7) is 8.17. The Morgan fingerprint density at radius 1 is 0.852 bits per heavy atom. The number of fused-ring (bicyclic) bond motifs is 8. The third kappa shape index (κ3) is 8.83. The molecule has 340 valence electrons. The number of hydrogen-bond donors (Lipinski definition) is 0. The molecular formula is C47H68Cl2N2O10. The molecular weight excluding hydrogens is 823 g/mol. The van der Waals surface area contributed by atoms with Crippen molar-refractivity contribution in [1.29, 1.82) is 0 Å². The molecule has 6 fully saturated rings. The Morgan fingerprint density at radius 3 is 2.26 bits per heavy atom. The Morgan fingerprint density at radius 2 is 1.59 bits per heavy atom. The summed E-state index contributed by atoms with van der Waals surface area (Å²) in [7, 11) is 9.14. The van der Waals surface area contributed by atoms with E-state index in [0.717, 1.165) is 56.2 Å². The highest BCUT2D eigenvalue weighted by molar-refractivity contribution is 6.36. The van der Waals surface area contributed by atoms with Crippen LogP contribution in [0.4, 0.5) is 5.69 Å². The molecule has 4 heterocycles. The zero-order valence-electron chi connectivity index (χ0n) is 37.4. The molecule has 1 aromatic rings. The van der Waals surface area contributed by atoms with Gasteiger partial charge in [0, 0.05) is 44.2 Å². The second-order valence-corrected chi connectivity index (χ2v) is 19.9. The van der Waals surface area contributed by atoms with Gasteiger partial charge < -0.3 is 47.7 Å². The van der Waals surface area contributed by atoms with E-state index < -0.39 is 18.3 Å². The van der Waals surface area contributed by atoms with Crippen molar-refractivity contribution in [2.75, 3.05) is 40.3 Å². The molecule has 0 N–H and O–H groups in total. The number of allylic oxidation sites excluding steroid dienone is 2. The van der Waals surface area contributed by atoms with E-state index in [1.54, 1.807) is 27.4 Å². The van der Waals surface area contributed by atoms with Crippen LogP contribution in [-0.2, 0) is 47.5 Å². The lowest BCUT2D eigenvalue weighted by atomic mass is 9.66. The molecule has 2 saturated carbocycles. The molecule has 12 nitrogen and oxygen atoms in total. The molecule has 19 atom stereocenters. The van der Waals surface area contributed by atoms with Crippen LogP contribution in [0.1, 0.15) is 85.5 Å². The Balaban J connectivity index is 1.12. The van der Waals surface area contributed by atoms with Crippen LogP contribution in [0.5, 0.6) is 0 Å². The first kappa shape index (κ1) is 45.7. The van der Waals surface area contributed by atoms with Crippen LogP contribution in [0.3, 0.4) is 0 Å². The molecule has 0 amide bonds. The molecule has 7 aliphatic rings. The van der Waals surface area contributed by atoms with Crippen LogP contribution < -0.4 is 4.90 Å². The zero-order chi connectivity index (χ0) is 43.4. The van der Waals surface area contributed by atoms with Gasteiger partial charge in [0.2, 0.25) is 0 Å². The number of halogens is 2. The lowest BCUT2D eigenvalue weighted by Gasteiger charge is -2.44. The number of carbonyl (C=O) groups excluding carboxylic acids is 2. The molecule has 8 rings (SSSR count). The predicted octanol–water partition coefficient (Wildman–Crippen LogP) is 7.50. The van der Waals surface area contributed by atoms with Gasteiger partial charge in [-0.1, -0.05) is 43.1 Å². The van der Waals surface area contributed by atoms with E-state index in [4.69, 9.17) is 61.1 Å². The van der Waals surface area contributed by atoms with E-state index in [2.05, 4.69) is 43.8 Å². The van der Waals surface area contributed by atoms with Gasteiger partial charge in [0.05, 0.1) is 53.6 Å². The SMILES string of the molecule is CC[C@H]1CCC[C@H](O[C@H]2CC[C@H](N(C)C)C(C)O2)[C@@H](C)C(=O)C2=C[C@H]3[C@@H]4C[C@H](O[C@@H]5OC(C)[C@H](OC)C(OC)[C@@H]5OC)C[C@H]4[C@H]4[C@@H]([C@H]3[C@@H]2CC(=O)O1)N4c1ccc(Cl)cc1Cl. The zero-order valence-corrected chi connectivity index (χ0v) is 38.9. The van der Waals surface area contributed by atoms with Crippen molar-refractivity contribution >= 4 is 40.6 Å². The van der Waals surface area contributed by atoms with Crippen molar-refractivity contribution in [1.82, 2.24) is 4.90 Å². The smallest absolute Gasteiger partial charge is 0.306 e. The van der Waals surface area contributed by atoms with Gasteiger partial charge in [-0.25, -0.2) is 0 Å². The monoisotopic (exact) mass is 890 g/mol. The molecule has 4 saturated heterocycles. The van der Waals surface area contributed by atoms with E-state index in [9.17, 15) is 4.79 Å². The fourth-order valence-electron chi connectivity index (χ4n) is 12.7. The molecule has 0 spiro atoms. The number of ether oxygens (including phenoxy) is 8. The average molecular weight is 892 g/mol. The minimum atomic E-state index is -0.656. The third-order valence-electron chi connectivity index (χ3n) is 15.6. The van der Waals surface area contributed by atoms with Crippen LogP contribution >= 0.6 is 23.2 Å². The van der Waals surface area contributed by atoms with Crippen molar-refractivity contribution in [3.8, 4) is 0 Å². The first-order chi connectivity index (χ1) is 29.3. The van der Waals surface area contributed by atoms with E-state index in [-0.39, 0.29) is 109 Å². The molecule has 14 heteroatoms. The fourth-order valence-corrected chi connectivity index (χ4v) is 13.2. The standard InChI is InChI=1S/C47H68Cl2N2O10/c1-10-27-12-11-13-37(61-39-17-16-35(50(5)6)24(3)57-39)23(2)43(53)33-21-30-29-19-28(60-47-46(56-9)45(55-8)44(54-7)25(4)58-47)20-32(29)41-42(40(30)31(33)22-38(52)59-27)51(41)36-15-14-26(48)18-34(36)49/h14-15,18,21,23-25,27-32,35,37,39-42,44-47H,10-13,16-17,19-20,22H2,1-9H3/t23-,24?,25?,27+,28+,29+,30+,31-,32-,35+,37+,39+,40-,41+,42-,44+,45?,46+,47+,51?/m1/s1. The number of carbonyl (C=O) groups is 2. The lowest BCUT2D eigenvalue weighted by Crippen LogP contribution is -2.59. The maximum absolute atomic E-state index is 15.2. The second kappa shape index (κ2) is 18.9. The number of methoxy groups -OCH3 is 3. The van der Waals surface area contributed by atoms with Gasteiger partial charge in [0.1, 0.15) is 24.4 Å². The van der Waals surface area contributed by atoms with Crippen LogP contribution in [0.2, 0.25) is 10.0 Å². The number of nitrogens with zero attached hydrogens (tertiary/aromatic N) is 2. The van der Waals surface area contributed by atoms with Gasteiger partial charge in [0.15, 0.2) is 18.4 Å². The second-order valence-electron chi connectivity index (χ2n) is 19.1. The molecule has 3 aliphatic carbocycles. The van der Waals surface area contributed by atoms with Crippen LogP contribution in [0, 0.1) is 35.5 Å². The summed E-state index contributed by atoms with van der Waals surface area (Å²) in [6, 6.07) is 6.19. The van der Waals surface area contributed by atoms with Crippen molar-refractivity contribution in [2.45, 2.75) is 165 Å². The fraction of sp³-hybridized carbons (Fsp3) is 0.787. The highest BCUT2D eigenvalue weighted by Gasteiger charge is 2.69. The summed E-state index contributed by atoms with van der Waals surface area (Å²) in [6.07, 6.45) is 5.43. The number of esters is 1. The average Bonchev–Trinajstić information content (AvgIpc) is 3.60. The Labute approximate surface area is 372 Å². The van der Waals surface area contributed by atoms with Gasteiger partial charge in [-0.15, -0.1) is 0 Å². The number of hydrogen-bond acceptors (Lipinski definition) is 12. The topological polar surface area (TPSA) is 114 Å². The summed E-state index contributed by atoms with van der Waals surface area (Å²) in [5.74, 6) is -0.487. The number of rotatable bonds is 10. The first-order valence-corrected chi connectivity index (χ1v) is 23.6. The summed E-state index contributed by atoms with van der Waals surface area (Å²) in [5, 5.41) is 1.16. The van der Waals surface area contributed by atoms with E-state index in [0.29, 0.717) is 22.5 Å². The molecule has 1 aromatic carbocycles. The predicted molar refractivity (Wildman–Crippen MR) is 232 cm³/mol. The first-order valence-electron chi connectivity index (χ1n) is 22.8. The third-order valence-corrected chi connectivity index (χ3v) is 16.1. The van der Waals surface area contributed by atoms with Crippen LogP contribution in [-0.4, -0.2) is 132 Å². The van der Waals surface area contributed by atoms with Crippen LogP contribution in [0.25, 0.3) is 0 Å². The van der Waals surface area contributed by atoms with Gasteiger partial charge in [-0.3, -0.25) is 9.59 Å². The molecule has 3 unspecified atom stereocenters. The highest BCUT2D eigenvalue weighted by Crippen LogP contribution is 2.65. The number of anilines is 1. The normalized spacial score (nSPS) is 44.0. The van der Waals surface area contributed by atoms with E-state index >= 15 is 4.79 Å². The summed E-state index contributed by atoms with van der Waals surface area (Å²) < 4.78 is 50.5. The highest BCUT2D eigenvalue weighted by atomic mass is 35.5. The van der Waals surface area contributed by atoms with Gasteiger partial charge in [-0.05, 0) is 127 Å². The Kier molecular flexibility index (Phi) is 14.2. The van der Waals surface area contributed by atoms with Crippen molar-refractivity contribution in [3.63, 3.8) is 0 Å². The van der Waals surface area contributed by atoms with Gasteiger partial charge >= 0.3 is 5.97 Å². The summed E-state index contributed by atoms with van der Waals surface area (Å²) in [5.41, 5.74) is 1.66.